The van der Waals surface area contributed by atoms with Gasteiger partial charge in [-0.15, -0.1) is 0 Å². The van der Waals surface area contributed by atoms with Crippen LogP contribution in [0.25, 0.3) is 0 Å². The summed E-state index contributed by atoms with van der Waals surface area (Å²) in [6.07, 6.45) is 0. The number of hydrogen-bond donors (Lipinski definition) is 1. The lowest BCUT2D eigenvalue weighted by molar-refractivity contribution is 0.463. The second-order valence-electron chi connectivity index (χ2n) is 3.12. The van der Waals surface area contributed by atoms with E-state index >= 15 is 0 Å². The van der Waals surface area contributed by atoms with Crippen molar-refractivity contribution in [3.05, 3.63) is 30.3 Å². The number of rotatable bonds is 4. The summed E-state index contributed by atoms with van der Waals surface area (Å²) >= 11 is 0. The maximum atomic E-state index is 11.3. The summed E-state index contributed by atoms with van der Waals surface area (Å²) in [4.78, 5) is 0. The zero-order chi connectivity index (χ0) is 10.6. The van der Waals surface area contributed by atoms with E-state index in [1.807, 2.05) is 0 Å². The molecule has 0 aromatic heterocycles. The van der Waals surface area contributed by atoms with Crippen molar-refractivity contribution in [2.45, 2.75) is 19.9 Å². The van der Waals surface area contributed by atoms with Gasteiger partial charge in [0.2, 0.25) is 0 Å². The van der Waals surface area contributed by atoms with Gasteiger partial charge in [-0.1, -0.05) is 18.2 Å². The molecule has 0 bridgehead atoms. The fraction of sp³-hybridized carbons (Fsp3) is 0.333. The molecule has 0 saturated carbocycles. The number of benzene rings is 1. The quantitative estimate of drug-likeness (QED) is 0.823. The molecule has 0 heterocycles. The normalized spacial score (nSPS) is 11.6. The molecule has 78 valence electrons. The van der Waals surface area contributed by atoms with Gasteiger partial charge < -0.3 is 4.18 Å². The van der Waals surface area contributed by atoms with Crippen molar-refractivity contribution in [3.63, 3.8) is 0 Å². The van der Waals surface area contributed by atoms with Crippen molar-refractivity contribution in [1.82, 2.24) is 4.72 Å². The molecular formula is C9H13NO3S. The van der Waals surface area contributed by atoms with Gasteiger partial charge in [0, 0.05) is 6.04 Å². The summed E-state index contributed by atoms with van der Waals surface area (Å²) in [6.45, 7) is 3.46. The van der Waals surface area contributed by atoms with E-state index in [1.54, 1.807) is 44.2 Å². The highest BCUT2D eigenvalue weighted by atomic mass is 32.2. The standard InChI is InChI=1S/C9H13NO3S/c1-8(2)10-14(11,12)13-9-6-4-3-5-7-9/h3-8,10H,1-2H3. The lowest BCUT2D eigenvalue weighted by atomic mass is 10.3. The van der Waals surface area contributed by atoms with Crippen molar-refractivity contribution < 1.29 is 12.6 Å². The Morgan fingerprint density at radius 3 is 2.29 bits per heavy atom. The Balaban J connectivity index is 2.70. The van der Waals surface area contributed by atoms with Crippen molar-refractivity contribution >= 4 is 10.3 Å². The SMILES string of the molecule is CC(C)NS(=O)(=O)Oc1ccccc1. The third-order valence-electron chi connectivity index (χ3n) is 1.33. The second-order valence-corrected chi connectivity index (χ2v) is 4.43. The lowest BCUT2D eigenvalue weighted by Gasteiger charge is -2.09. The van der Waals surface area contributed by atoms with E-state index in [0.29, 0.717) is 5.75 Å². The number of nitrogens with one attached hydrogen (secondary N) is 1. The van der Waals surface area contributed by atoms with E-state index in [4.69, 9.17) is 4.18 Å². The van der Waals surface area contributed by atoms with Crippen LogP contribution in [0, 0.1) is 0 Å². The molecule has 1 aromatic rings. The van der Waals surface area contributed by atoms with E-state index < -0.39 is 10.3 Å². The molecule has 0 fully saturated rings. The molecule has 0 spiro atoms. The molecule has 0 saturated heterocycles. The summed E-state index contributed by atoms with van der Waals surface area (Å²) in [7, 11) is -3.68. The van der Waals surface area contributed by atoms with Crippen molar-refractivity contribution in [3.8, 4) is 5.75 Å². The molecule has 0 aliphatic carbocycles. The van der Waals surface area contributed by atoms with Crippen LogP contribution in [-0.4, -0.2) is 14.5 Å². The molecule has 14 heavy (non-hydrogen) atoms. The molecule has 0 aliphatic heterocycles. The van der Waals surface area contributed by atoms with Gasteiger partial charge in [-0.05, 0) is 26.0 Å². The van der Waals surface area contributed by atoms with Gasteiger partial charge in [0.05, 0.1) is 0 Å². The average molecular weight is 215 g/mol. The summed E-state index contributed by atoms with van der Waals surface area (Å²) in [5, 5.41) is 0. The fourth-order valence-electron chi connectivity index (χ4n) is 0.915. The largest absolute Gasteiger partial charge is 0.382 e. The third kappa shape index (κ3) is 3.76. The summed E-state index contributed by atoms with van der Waals surface area (Å²) < 4.78 is 29.6. The minimum absolute atomic E-state index is 0.177. The van der Waals surface area contributed by atoms with E-state index in [2.05, 4.69) is 4.72 Å². The molecule has 0 amide bonds. The monoisotopic (exact) mass is 215 g/mol. The molecule has 0 radical (unpaired) electrons. The summed E-state index contributed by atoms with van der Waals surface area (Å²) in [6, 6.07) is 8.19. The molecule has 4 nitrogen and oxygen atoms in total. The predicted octanol–water partition coefficient (Wildman–Crippen LogP) is 1.31. The van der Waals surface area contributed by atoms with Crippen LogP contribution < -0.4 is 8.91 Å². The van der Waals surface area contributed by atoms with Crippen LogP contribution in [-0.2, 0) is 10.3 Å². The topological polar surface area (TPSA) is 55.4 Å². The summed E-state index contributed by atoms with van der Waals surface area (Å²) in [5.41, 5.74) is 0. The first kappa shape index (κ1) is 11.0. The highest BCUT2D eigenvalue weighted by molar-refractivity contribution is 7.85. The van der Waals surface area contributed by atoms with Gasteiger partial charge in [-0.3, -0.25) is 0 Å². The predicted molar refractivity (Wildman–Crippen MR) is 54.3 cm³/mol. The van der Waals surface area contributed by atoms with Crippen LogP contribution in [0.15, 0.2) is 30.3 Å². The minimum Gasteiger partial charge on any atom is -0.371 e. The highest BCUT2D eigenvalue weighted by Crippen LogP contribution is 2.10. The fourth-order valence-corrected chi connectivity index (χ4v) is 1.91. The molecule has 1 N–H and O–H groups in total. The zero-order valence-corrected chi connectivity index (χ0v) is 8.91. The minimum atomic E-state index is -3.68. The van der Waals surface area contributed by atoms with Gasteiger partial charge >= 0.3 is 10.3 Å². The first-order chi connectivity index (χ1) is 6.49. The average Bonchev–Trinajstić information content (AvgIpc) is 2.02. The van der Waals surface area contributed by atoms with Gasteiger partial charge in [0.1, 0.15) is 5.75 Å². The molecule has 0 atom stereocenters. The zero-order valence-electron chi connectivity index (χ0n) is 8.10. The van der Waals surface area contributed by atoms with Crippen LogP contribution in [0.1, 0.15) is 13.8 Å². The van der Waals surface area contributed by atoms with Crippen molar-refractivity contribution in [1.29, 1.82) is 0 Å². The van der Waals surface area contributed by atoms with Gasteiger partial charge in [-0.2, -0.15) is 13.1 Å². The Bertz CT molecular complexity index is 372. The number of para-hydroxylation sites is 1. The maximum absolute atomic E-state index is 11.3. The Labute approximate surface area is 84.2 Å². The van der Waals surface area contributed by atoms with Gasteiger partial charge in [-0.25, -0.2) is 0 Å². The van der Waals surface area contributed by atoms with Crippen LogP contribution in [0.5, 0.6) is 5.75 Å². The van der Waals surface area contributed by atoms with Crippen LogP contribution in [0.4, 0.5) is 0 Å². The number of hydrogen-bond acceptors (Lipinski definition) is 3. The Hall–Kier alpha value is -1.07. The molecule has 5 heteroatoms. The van der Waals surface area contributed by atoms with E-state index in [9.17, 15) is 8.42 Å². The highest BCUT2D eigenvalue weighted by Gasteiger charge is 2.12. The van der Waals surface area contributed by atoms with E-state index in [0.717, 1.165) is 0 Å². The Kier molecular flexibility index (Phi) is 3.49. The smallest absolute Gasteiger partial charge is 0.371 e. The van der Waals surface area contributed by atoms with Crippen LogP contribution >= 0.6 is 0 Å². The third-order valence-corrected chi connectivity index (χ3v) is 2.50. The first-order valence-electron chi connectivity index (χ1n) is 4.26. The van der Waals surface area contributed by atoms with Crippen molar-refractivity contribution in [2.75, 3.05) is 0 Å². The molecular weight excluding hydrogens is 202 g/mol. The van der Waals surface area contributed by atoms with Gasteiger partial charge in [0.15, 0.2) is 0 Å². The lowest BCUT2D eigenvalue weighted by Crippen LogP contribution is -2.33. The molecule has 1 rings (SSSR count). The maximum Gasteiger partial charge on any atom is 0.382 e. The van der Waals surface area contributed by atoms with Gasteiger partial charge in [0.25, 0.3) is 0 Å². The van der Waals surface area contributed by atoms with Crippen LogP contribution in [0.3, 0.4) is 0 Å². The van der Waals surface area contributed by atoms with Crippen LogP contribution in [0.2, 0.25) is 0 Å². The van der Waals surface area contributed by atoms with E-state index in [1.165, 1.54) is 0 Å². The Morgan fingerprint density at radius 1 is 1.21 bits per heavy atom. The van der Waals surface area contributed by atoms with Crippen molar-refractivity contribution in [2.24, 2.45) is 0 Å². The second kappa shape index (κ2) is 4.43. The molecule has 1 aromatic carbocycles. The summed E-state index contributed by atoms with van der Waals surface area (Å²) in [5.74, 6) is 0.306. The molecule has 0 aliphatic rings. The Morgan fingerprint density at radius 2 is 1.79 bits per heavy atom. The molecule has 0 unspecified atom stereocenters. The van der Waals surface area contributed by atoms with E-state index in [-0.39, 0.29) is 6.04 Å². The first-order valence-corrected chi connectivity index (χ1v) is 5.67.